The molecule has 5 heteroatoms. The molecule has 2 N–H and O–H groups in total. The molecule has 0 atom stereocenters. The maximum absolute atomic E-state index is 6.07. The van der Waals surface area contributed by atoms with Crippen molar-refractivity contribution in [3.8, 4) is 0 Å². The summed E-state index contributed by atoms with van der Waals surface area (Å²) in [5, 5.41) is 3.27. The number of nitrogens with two attached hydrogens (primary N) is 1. The molecule has 2 heterocycles. The third-order valence-corrected chi connectivity index (χ3v) is 4.90. The topological polar surface area (TPSA) is 54.5 Å². The molecule has 0 spiro atoms. The first-order chi connectivity index (χ1) is 9.22. The number of aliphatic imine (C=N–C) groups is 1. The highest BCUT2D eigenvalue weighted by atomic mass is 32.1. The Kier molecular flexibility index (Phi) is 3.73. The van der Waals surface area contributed by atoms with E-state index in [1.54, 1.807) is 11.3 Å². The fourth-order valence-corrected chi connectivity index (χ4v) is 3.25. The van der Waals surface area contributed by atoms with Crippen molar-refractivity contribution >= 4 is 17.3 Å². The summed E-state index contributed by atoms with van der Waals surface area (Å²) in [7, 11) is 0. The summed E-state index contributed by atoms with van der Waals surface area (Å²) in [4.78, 5) is 11.3. The number of piperidine rings is 1. The molecule has 0 aromatic carbocycles. The van der Waals surface area contributed by atoms with Crippen LogP contribution in [0.5, 0.6) is 0 Å². The molecule has 3 rings (SSSR count). The molecule has 1 aliphatic heterocycles. The highest BCUT2D eigenvalue weighted by Gasteiger charge is 2.26. The molecule has 1 saturated carbocycles. The SMILES string of the molecule is CC1CCN(C(N)=NCc2nc(C3CC3)cs2)CC1. The molecule has 104 valence electrons. The fourth-order valence-electron chi connectivity index (χ4n) is 2.45. The van der Waals surface area contributed by atoms with Gasteiger partial charge in [0.25, 0.3) is 0 Å². The number of hydrogen-bond donors (Lipinski definition) is 1. The Morgan fingerprint density at radius 3 is 2.84 bits per heavy atom. The maximum Gasteiger partial charge on any atom is 0.191 e. The quantitative estimate of drug-likeness (QED) is 0.683. The van der Waals surface area contributed by atoms with Gasteiger partial charge in [-0.3, -0.25) is 0 Å². The van der Waals surface area contributed by atoms with Crippen molar-refractivity contribution in [2.24, 2.45) is 16.6 Å². The summed E-state index contributed by atoms with van der Waals surface area (Å²) in [6, 6.07) is 0. The molecule has 0 bridgehead atoms. The summed E-state index contributed by atoms with van der Waals surface area (Å²) in [6.45, 7) is 5.03. The highest BCUT2D eigenvalue weighted by molar-refractivity contribution is 7.09. The lowest BCUT2D eigenvalue weighted by Crippen LogP contribution is -2.42. The van der Waals surface area contributed by atoms with Crippen molar-refractivity contribution in [1.29, 1.82) is 0 Å². The number of thiazole rings is 1. The second kappa shape index (κ2) is 5.49. The highest BCUT2D eigenvalue weighted by Crippen LogP contribution is 2.40. The van der Waals surface area contributed by atoms with Gasteiger partial charge in [-0.2, -0.15) is 0 Å². The van der Waals surface area contributed by atoms with E-state index < -0.39 is 0 Å². The summed E-state index contributed by atoms with van der Waals surface area (Å²) >= 11 is 1.71. The molecular weight excluding hydrogens is 256 g/mol. The predicted molar refractivity (Wildman–Crippen MR) is 79.4 cm³/mol. The molecule has 0 amide bonds. The van der Waals surface area contributed by atoms with Crippen LogP contribution in [0.25, 0.3) is 0 Å². The van der Waals surface area contributed by atoms with Gasteiger partial charge in [0.15, 0.2) is 5.96 Å². The predicted octanol–water partition coefficient (Wildman–Crippen LogP) is 2.57. The summed E-state index contributed by atoms with van der Waals surface area (Å²) in [5.74, 6) is 2.24. The van der Waals surface area contributed by atoms with Gasteiger partial charge >= 0.3 is 0 Å². The molecule has 2 fully saturated rings. The first-order valence-electron chi connectivity index (χ1n) is 7.21. The molecule has 4 nitrogen and oxygen atoms in total. The van der Waals surface area contributed by atoms with E-state index in [9.17, 15) is 0 Å². The standard InChI is InChI=1S/C14H22N4S/c1-10-4-6-18(7-5-10)14(15)16-8-13-17-12(9-19-13)11-2-3-11/h9-11H,2-8H2,1H3,(H2,15,16). The molecule has 1 aliphatic carbocycles. The van der Waals surface area contributed by atoms with Crippen LogP contribution in [0.3, 0.4) is 0 Å². The lowest BCUT2D eigenvalue weighted by molar-refractivity contribution is 0.277. The van der Waals surface area contributed by atoms with E-state index >= 15 is 0 Å². The summed E-state index contributed by atoms with van der Waals surface area (Å²) in [6.07, 6.45) is 5.06. The van der Waals surface area contributed by atoms with Crippen LogP contribution in [0, 0.1) is 5.92 Å². The number of nitrogens with zero attached hydrogens (tertiary/aromatic N) is 3. The first-order valence-corrected chi connectivity index (χ1v) is 8.09. The normalized spacial score (nSPS) is 21.9. The van der Waals surface area contributed by atoms with Gasteiger partial charge in [0.05, 0.1) is 12.2 Å². The van der Waals surface area contributed by atoms with Gasteiger partial charge in [-0.25, -0.2) is 9.98 Å². The summed E-state index contributed by atoms with van der Waals surface area (Å²) < 4.78 is 0. The van der Waals surface area contributed by atoms with Crippen molar-refractivity contribution in [1.82, 2.24) is 9.88 Å². The van der Waals surface area contributed by atoms with Crippen LogP contribution in [-0.2, 0) is 6.54 Å². The second-order valence-corrected chi connectivity index (χ2v) is 6.73. The Hall–Kier alpha value is -1.10. The van der Waals surface area contributed by atoms with Crippen LogP contribution in [0.15, 0.2) is 10.4 Å². The van der Waals surface area contributed by atoms with Crippen LogP contribution in [-0.4, -0.2) is 28.9 Å². The number of hydrogen-bond acceptors (Lipinski definition) is 3. The first kappa shape index (κ1) is 12.9. The van der Waals surface area contributed by atoms with E-state index in [0.717, 1.165) is 29.9 Å². The molecule has 1 saturated heterocycles. The van der Waals surface area contributed by atoms with Gasteiger partial charge in [0, 0.05) is 24.4 Å². The second-order valence-electron chi connectivity index (χ2n) is 5.78. The third-order valence-electron chi connectivity index (χ3n) is 4.05. The molecule has 1 aromatic heterocycles. The third kappa shape index (κ3) is 3.26. The van der Waals surface area contributed by atoms with Gasteiger partial charge < -0.3 is 10.6 Å². The van der Waals surface area contributed by atoms with Gasteiger partial charge in [-0.05, 0) is 31.6 Å². The van der Waals surface area contributed by atoms with E-state index in [1.165, 1.54) is 31.4 Å². The average molecular weight is 278 g/mol. The Bertz CT molecular complexity index is 456. The number of aromatic nitrogens is 1. The average Bonchev–Trinajstić information content (AvgIpc) is 3.16. The maximum atomic E-state index is 6.07. The number of guanidine groups is 1. The minimum atomic E-state index is 0.634. The minimum Gasteiger partial charge on any atom is -0.370 e. The zero-order valence-electron chi connectivity index (χ0n) is 11.5. The Morgan fingerprint density at radius 2 is 2.16 bits per heavy atom. The molecular formula is C14H22N4S. The van der Waals surface area contributed by atoms with E-state index in [4.69, 9.17) is 5.73 Å². The molecule has 2 aliphatic rings. The zero-order valence-corrected chi connectivity index (χ0v) is 12.3. The van der Waals surface area contributed by atoms with Crippen molar-refractivity contribution in [3.63, 3.8) is 0 Å². The zero-order chi connectivity index (χ0) is 13.2. The van der Waals surface area contributed by atoms with E-state index in [-0.39, 0.29) is 0 Å². The smallest absolute Gasteiger partial charge is 0.191 e. The van der Waals surface area contributed by atoms with Crippen LogP contribution < -0.4 is 5.73 Å². The molecule has 1 aromatic rings. The van der Waals surface area contributed by atoms with E-state index in [1.807, 2.05) is 0 Å². The van der Waals surface area contributed by atoms with Crippen molar-refractivity contribution in [2.45, 2.75) is 45.1 Å². The van der Waals surface area contributed by atoms with Crippen LogP contribution in [0.4, 0.5) is 0 Å². The Labute approximate surface area is 118 Å². The molecule has 0 radical (unpaired) electrons. The van der Waals surface area contributed by atoms with Gasteiger partial charge in [0.1, 0.15) is 5.01 Å². The van der Waals surface area contributed by atoms with Crippen LogP contribution in [0.1, 0.15) is 49.2 Å². The van der Waals surface area contributed by atoms with Crippen molar-refractivity contribution in [3.05, 3.63) is 16.1 Å². The van der Waals surface area contributed by atoms with Crippen LogP contribution >= 0.6 is 11.3 Å². The molecule has 19 heavy (non-hydrogen) atoms. The van der Waals surface area contributed by atoms with Crippen molar-refractivity contribution in [2.75, 3.05) is 13.1 Å². The summed E-state index contributed by atoms with van der Waals surface area (Å²) in [5.41, 5.74) is 7.34. The Morgan fingerprint density at radius 1 is 1.42 bits per heavy atom. The monoisotopic (exact) mass is 278 g/mol. The van der Waals surface area contributed by atoms with E-state index in [0.29, 0.717) is 12.5 Å². The lowest BCUT2D eigenvalue weighted by Gasteiger charge is -2.30. The Balaban J connectivity index is 1.55. The van der Waals surface area contributed by atoms with Crippen LogP contribution in [0.2, 0.25) is 0 Å². The van der Waals surface area contributed by atoms with Gasteiger partial charge in [-0.15, -0.1) is 11.3 Å². The molecule has 0 unspecified atom stereocenters. The number of likely N-dealkylation sites (tertiary alicyclic amines) is 1. The van der Waals surface area contributed by atoms with E-state index in [2.05, 4.69) is 27.2 Å². The van der Waals surface area contributed by atoms with Gasteiger partial charge in [-0.1, -0.05) is 6.92 Å². The minimum absolute atomic E-state index is 0.634. The fraction of sp³-hybridized carbons (Fsp3) is 0.714. The van der Waals surface area contributed by atoms with Gasteiger partial charge in [0.2, 0.25) is 0 Å². The lowest BCUT2D eigenvalue weighted by atomic mass is 10.00. The van der Waals surface area contributed by atoms with Crippen molar-refractivity contribution < 1.29 is 0 Å². The largest absolute Gasteiger partial charge is 0.370 e. The number of rotatable bonds is 3.